The zero-order chi connectivity index (χ0) is 16.8. The number of amides is 1. The summed E-state index contributed by atoms with van der Waals surface area (Å²) in [7, 11) is 0. The van der Waals surface area contributed by atoms with Crippen molar-refractivity contribution in [1.29, 1.82) is 0 Å². The van der Waals surface area contributed by atoms with E-state index in [2.05, 4.69) is 5.32 Å². The van der Waals surface area contributed by atoms with Crippen molar-refractivity contribution in [3.63, 3.8) is 0 Å². The second-order valence-corrected chi connectivity index (χ2v) is 5.37. The van der Waals surface area contributed by atoms with Crippen LogP contribution in [-0.2, 0) is 4.79 Å². The van der Waals surface area contributed by atoms with Crippen LogP contribution in [0.25, 0.3) is 0 Å². The number of carbonyl (C=O) groups is 1. The highest BCUT2D eigenvalue weighted by Crippen LogP contribution is 2.27. The average Bonchev–Trinajstić information content (AvgIpc) is 2.51. The van der Waals surface area contributed by atoms with Crippen LogP contribution in [0.1, 0.15) is 6.42 Å². The van der Waals surface area contributed by atoms with E-state index in [4.69, 9.17) is 27.9 Å². The molecule has 6 nitrogen and oxygen atoms in total. The Kier molecular flexibility index (Phi) is 5.78. The summed E-state index contributed by atoms with van der Waals surface area (Å²) in [5.74, 6) is 0.278. The van der Waals surface area contributed by atoms with Crippen molar-refractivity contribution in [3.8, 4) is 5.75 Å². The van der Waals surface area contributed by atoms with Gasteiger partial charge < -0.3 is 10.1 Å². The van der Waals surface area contributed by atoms with Gasteiger partial charge in [0, 0.05) is 16.8 Å². The summed E-state index contributed by atoms with van der Waals surface area (Å²) in [5, 5.41) is 14.0. The van der Waals surface area contributed by atoms with E-state index in [0.29, 0.717) is 16.5 Å². The van der Waals surface area contributed by atoms with E-state index < -0.39 is 4.92 Å². The van der Waals surface area contributed by atoms with Gasteiger partial charge in [-0.25, -0.2) is 0 Å². The lowest BCUT2D eigenvalue weighted by molar-refractivity contribution is -0.384. The van der Waals surface area contributed by atoms with Gasteiger partial charge in [-0.15, -0.1) is 0 Å². The zero-order valence-corrected chi connectivity index (χ0v) is 13.3. The SMILES string of the molecule is O=C(CCOc1ccc(Cl)cc1)Nc1ccc(Cl)c([N+](=O)[O-])c1. The third-order valence-corrected chi connectivity index (χ3v) is 3.41. The van der Waals surface area contributed by atoms with E-state index in [1.165, 1.54) is 18.2 Å². The van der Waals surface area contributed by atoms with Gasteiger partial charge >= 0.3 is 0 Å². The van der Waals surface area contributed by atoms with Gasteiger partial charge in [-0.3, -0.25) is 14.9 Å². The van der Waals surface area contributed by atoms with E-state index in [9.17, 15) is 14.9 Å². The molecule has 8 heteroatoms. The number of nitro benzene ring substituents is 1. The number of halogens is 2. The minimum absolute atomic E-state index is 0.0130. The minimum Gasteiger partial charge on any atom is -0.493 e. The van der Waals surface area contributed by atoms with Crippen LogP contribution in [0.15, 0.2) is 42.5 Å². The maximum atomic E-state index is 11.8. The molecule has 2 rings (SSSR count). The summed E-state index contributed by atoms with van der Waals surface area (Å²) >= 11 is 11.5. The highest BCUT2D eigenvalue weighted by Gasteiger charge is 2.13. The van der Waals surface area contributed by atoms with Crippen molar-refractivity contribution in [2.45, 2.75) is 6.42 Å². The van der Waals surface area contributed by atoms with Crippen molar-refractivity contribution in [2.75, 3.05) is 11.9 Å². The molecule has 0 saturated carbocycles. The normalized spacial score (nSPS) is 10.2. The van der Waals surface area contributed by atoms with Crippen LogP contribution in [-0.4, -0.2) is 17.4 Å². The molecule has 0 fully saturated rings. The van der Waals surface area contributed by atoms with Gasteiger partial charge in [0.1, 0.15) is 10.8 Å². The predicted octanol–water partition coefficient (Wildman–Crippen LogP) is 4.31. The van der Waals surface area contributed by atoms with Gasteiger partial charge in [0.2, 0.25) is 5.91 Å². The lowest BCUT2D eigenvalue weighted by Crippen LogP contribution is -2.15. The second-order valence-electron chi connectivity index (χ2n) is 4.52. The number of nitrogens with one attached hydrogen (secondary N) is 1. The van der Waals surface area contributed by atoms with E-state index in [1.54, 1.807) is 24.3 Å². The fraction of sp³-hybridized carbons (Fsp3) is 0.133. The first-order valence-corrected chi connectivity index (χ1v) is 7.33. The molecule has 0 bridgehead atoms. The summed E-state index contributed by atoms with van der Waals surface area (Å²) in [4.78, 5) is 22.0. The second kappa shape index (κ2) is 7.80. The number of hydrogen-bond acceptors (Lipinski definition) is 4. The lowest BCUT2D eigenvalue weighted by atomic mass is 10.2. The summed E-state index contributed by atoms with van der Waals surface area (Å²) in [6, 6.07) is 10.8. The first-order chi connectivity index (χ1) is 11.0. The Hall–Kier alpha value is -2.31. The van der Waals surface area contributed by atoms with Crippen LogP contribution in [0.2, 0.25) is 10.0 Å². The molecule has 0 heterocycles. The Morgan fingerprint density at radius 2 is 1.87 bits per heavy atom. The largest absolute Gasteiger partial charge is 0.493 e. The molecule has 2 aromatic rings. The van der Waals surface area contributed by atoms with Crippen molar-refractivity contribution in [3.05, 3.63) is 62.6 Å². The monoisotopic (exact) mass is 354 g/mol. The van der Waals surface area contributed by atoms with Gasteiger partial charge in [0.25, 0.3) is 5.69 Å². The van der Waals surface area contributed by atoms with Crippen molar-refractivity contribution in [1.82, 2.24) is 0 Å². The van der Waals surface area contributed by atoms with E-state index >= 15 is 0 Å². The smallest absolute Gasteiger partial charge is 0.289 e. The molecule has 0 aromatic heterocycles. The number of nitro groups is 1. The van der Waals surface area contributed by atoms with Crippen LogP contribution in [0.3, 0.4) is 0 Å². The summed E-state index contributed by atoms with van der Waals surface area (Å²) in [6.07, 6.45) is 0.0963. The summed E-state index contributed by atoms with van der Waals surface area (Å²) in [5.41, 5.74) is 0.0412. The van der Waals surface area contributed by atoms with Gasteiger partial charge in [0.05, 0.1) is 18.0 Å². The quantitative estimate of drug-likeness (QED) is 0.618. The molecular weight excluding hydrogens is 343 g/mol. The standard InChI is InChI=1S/C15H12Cl2N2O4/c16-10-1-4-12(5-2-10)23-8-7-15(20)18-11-3-6-13(17)14(9-11)19(21)22/h1-6,9H,7-8H2,(H,18,20). The molecule has 0 aliphatic carbocycles. The molecular formula is C15H12Cl2N2O4. The van der Waals surface area contributed by atoms with Gasteiger partial charge in [-0.2, -0.15) is 0 Å². The maximum absolute atomic E-state index is 11.8. The Labute approximate surface area is 142 Å². The zero-order valence-electron chi connectivity index (χ0n) is 11.8. The number of anilines is 1. The molecule has 0 radical (unpaired) electrons. The Bertz CT molecular complexity index is 720. The van der Waals surface area contributed by atoms with Crippen molar-refractivity contribution in [2.24, 2.45) is 0 Å². The lowest BCUT2D eigenvalue weighted by Gasteiger charge is -2.07. The number of ether oxygens (including phenoxy) is 1. The van der Waals surface area contributed by atoms with Crippen LogP contribution in [0.4, 0.5) is 11.4 Å². The topological polar surface area (TPSA) is 81.5 Å². The number of benzene rings is 2. The highest BCUT2D eigenvalue weighted by atomic mass is 35.5. The first kappa shape index (κ1) is 17.1. The Balaban J connectivity index is 1.86. The number of carbonyl (C=O) groups excluding carboxylic acids is 1. The van der Waals surface area contributed by atoms with Gasteiger partial charge in [-0.1, -0.05) is 23.2 Å². The molecule has 0 unspecified atom stereocenters. The molecule has 2 aromatic carbocycles. The molecule has 1 amide bonds. The predicted molar refractivity (Wildman–Crippen MR) is 88.3 cm³/mol. The molecule has 120 valence electrons. The number of nitrogens with zero attached hydrogens (tertiary/aromatic N) is 1. The third kappa shape index (κ3) is 5.12. The molecule has 0 spiro atoms. The Morgan fingerprint density at radius 1 is 1.17 bits per heavy atom. The number of hydrogen-bond donors (Lipinski definition) is 1. The first-order valence-electron chi connectivity index (χ1n) is 6.58. The van der Waals surface area contributed by atoms with E-state index in [0.717, 1.165) is 0 Å². The van der Waals surface area contributed by atoms with Crippen LogP contribution >= 0.6 is 23.2 Å². The fourth-order valence-electron chi connectivity index (χ4n) is 1.75. The minimum atomic E-state index is -0.609. The van der Waals surface area contributed by atoms with E-state index in [1.807, 2.05) is 0 Å². The van der Waals surface area contributed by atoms with Crippen molar-refractivity contribution >= 4 is 40.5 Å². The average molecular weight is 355 g/mol. The fourth-order valence-corrected chi connectivity index (χ4v) is 2.06. The van der Waals surface area contributed by atoms with Crippen molar-refractivity contribution < 1.29 is 14.5 Å². The van der Waals surface area contributed by atoms with Gasteiger partial charge in [-0.05, 0) is 36.4 Å². The maximum Gasteiger partial charge on any atom is 0.289 e. The van der Waals surface area contributed by atoms with Crippen LogP contribution < -0.4 is 10.1 Å². The summed E-state index contributed by atoms with van der Waals surface area (Å²) in [6.45, 7) is 0.170. The molecule has 0 saturated heterocycles. The van der Waals surface area contributed by atoms with Gasteiger partial charge in [0.15, 0.2) is 0 Å². The highest BCUT2D eigenvalue weighted by molar-refractivity contribution is 6.32. The molecule has 0 aliphatic heterocycles. The molecule has 1 N–H and O–H groups in total. The summed E-state index contributed by atoms with van der Waals surface area (Å²) < 4.78 is 5.40. The molecule has 0 aliphatic rings. The Morgan fingerprint density at radius 3 is 2.52 bits per heavy atom. The third-order valence-electron chi connectivity index (χ3n) is 2.84. The number of rotatable bonds is 6. The molecule has 23 heavy (non-hydrogen) atoms. The van der Waals surface area contributed by atoms with Crippen LogP contribution in [0, 0.1) is 10.1 Å². The van der Waals surface area contributed by atoms with E-state index in [-0.39, 0.29) is 29.6 Å². The van der Waals surface area contributed by atoms with Crippen LogP contribution in [0.5, 0.6) is 5.75 Å². The molecule has 0 atom stereocenters.